The van der Waals surface area contributed by atoms with E-state index in [9.17, 15) is 0 Å². The van der Waals surface area contributed by atoms with Gasteiger partial charge in [0.25, 0.3) is 0 Å². The van der Waals surface area contributed by atoms with Crippen LogP contribution in [0.2, 0.25) is 0 Å². The number of thiophene rings is 2. The van der Waals surface area contributed by atoms with Crippen LogP contribution >= 0.6 is 22.7 Å². The van der Waals surface area contributed by atoms with Crippen LogP contribution in [0.15, 0.2) is 133 Å². The zero-order valence-electron chi connectivity index (χ0n) is 21.4. The Labute approximate surface area is 239 Å². The fourth-order valence-corrected chi connectivity index (χ4v) is 7.57. The second-order valence-electron chi connectivity index (χ2n) is 9.83. The molecular formula is C36H22N2S2. The number of rotatable bonds is 4. The molecule has 0 bridgehead atoms. The van der Waals surface area contributed by atoms with Crippen LogP contribution in [-0.2, 0) is 0 Å². The third kappa shape index (κ3) is 4.01. The smallest absolute Gasteiger partial charge is 0.170 e. The first-order chi connectivity index (χ1) is 19.8. The number of nitrogens with zero attached hydrogens (tertiary/aromatic N) is 2. The maximum Gasteiger partial charge on any atom is 0.170 e. The van der Waals surface area contributed by atoms with Gasteiger partial charge in [-0.05, 0) is 40.8 Å². The average Bonchev–Trinajstić information content (AvgIpc) is 3.63. The van der Waals surface area contributed by atoms with Crippen LogP contribution in [0.3, 0.4) is 0 Å². The lowest BCUT2D eigenvalue weighted by molar-refractivity contribution is 1.20. The standard InChI is InChI=1S/C36H22N2S2/c1-2-9-23(10-3-1)24-17-19-25(20-18-24)30-22-31(38-36(37-30)34-21-26-11-4-6-15-32(26)39-34)29-14-8-13-28-27-12-5-7-16-33(27)40-35(28)29/h1-22H. The highest BCUT2D eigenvalue weighted by atomic mass is 32.1. The summed E-state index contributed by atoms with van der Waals surface area (Å²) in [5.74, 6) is 0.763. The molecule has 0 fully saturated rings. The molecule has 8 aromatic rings. The molecule has 2 nitrogen and oxygen atoms in total. The van der Waals surface area contributed by atoms with E-state index in [0.717, 1.165) is 33.2 Å². The molecule has 0 spiro atoms. The number of benzene rings is 5. The Morgan fingerprint density at radius 3 is 1.98 bits per heavy atom. The van der Waals surface area contributed by atoms with Gasteiger partial charge in [-0.15, -0.1) is 22.7 Å². The van der Waals surface area contributed by atoms with Gasteiger partial charge in [0, 0.05) is 36.0 Å². The Hall–Kier alpha value is -4.64. The molecule has 40 heavy (non-hydrogen) atoms. The monoisotopic (exact) mass is 546 g/mol. The minimum atomic E-state index is 0.763. The fraction of sp³-hybridized carbons (Fsp3) is 0. The van der Waals surface area contributed by atoms with Crippen molar-refractivity contribution < 1.29 is 0 Å². The molecule has 5 aromatic carbocycles. The molecule has 0 atom stereocenters. The molecule has 0 aliphatic carbocycles. The molecule has 0 aliphatic rings. The Morgan fingerprint density at radius 2 is 1.12 bits per heavy atom. The first kappa shape index (κ1) is 23.3. The van der Waals surface area contributed by atoms with E-state index in [1.807, 2.05) is 17.4 Å². The third-order valence-corrected chi connectivity index (χ3v) is 9.67. The molecule has 0 N–H and O–H groups in total. The highest BCUT2D eigenvalue weighted by molar-refractivity contribution is 7.26. The average molecular weight is 547 g/mol. The third-order valence-electron chi connectivity index (χ3n) is 7.34. The van der Waals surface area contributed by atoms with Gasteiger partial charge in [-0.1, -0.05) is 109 Å². The van der Waals surface area contributed by atoms with Gasteiger partial charge < -0.3 is 0 Å². The minimum absolute atomic E-state index is 0.763. The van der Waals surface area contributed by atoms with Gasteiger partial charge in [0.05, 0.1) is 16.3 Å². The summed E-state index contributed by atoms with van der Waals surface area (Å²) in [4.78, 5) is 11.4. The lowest BCUT2D eigenvalue weighted by atomic mass is 10.0. The normalized spacial score (nSPS) is 11.5. The molecule has 3 heterocycles. The second kappa shape index (κ2) is 9.53. The van der Waals surface area contributed by atoms with Gasteiger partial charge in [0.15, 0.2) is 5.82 Å². The Balaban J connectivity index is 1.33. The van der Waals surface area contributed by atoms with Crippen LogP contribution < -0.4 is 0 Å². The van der Waals surface area contributed by atoms with E-state index in [-0.39, 0.29) is 0 Å². The molecule has 4 heteroatoms. The van der Waals surface area contributed by atoms with Crippen molar-refractivity contribution in [3.63, 3.8) is 0 Å². The molecule has 0 unspecified atom stereocenters. The zero-order chi connectivity index (χ0) is 26.5. The largest absolute Gasteiger partial charge is 0.227 e. The molecule has 0 saturated carbocycles. The number of hydrogen-bond donors (Lipinski definition) is 0. The van der Waals surface area contributed by atoms with Crippen LogP contribution in [-0.4, -0.2) is 9.97 Å². The first-order valence-corrected chi connectivity index (χ1v) is 14.9. The van der Waals surface area contributed by atoms with Crippen molar-refractivity contribution in [2.24, 2.45) is 0 Å². The molecule has 0 radical (unpaired) electrons. The van der Waals surface area contributed by atoms with Crippen LogP contribution in [0.5, 0.6) is 0 Å². The maximum absolute atomic E-state index is 5.19. The number of aromatic nitrogens is 2. The van der Waals surface area contributed by atoms with E-state index in [1.54, 1.807) is 11.3 Å². The number of fused-ring (bicyclic) bond motifs is 4. The Kier molecular flexibility index (Phi) is 5.54. The summed E-state index contributed by atoms with van der Waals surface area (Å²) in [5, 5.41) is 3.78. The van der Waals surface area contributed by atoms with Crippen LogP contribution in [0.4, 0.5) is 0 Å². The van der Waals surface area contributed by atoms with Crippen molar-refractivity contribution in [1.29, 1.82) is 0 Å². The van der Waals surface area contributed by atoms with Crippen LogP contribution in [0.25, 0.3) is 74.6 Å². The Bertz CT molecular complexity index is 2120. The topological polar surface area (TPSA) is 25.8 Å². The van der Waals surface area contributed by atoms with Crippen molar-refractivity contribution in [2.75, 3.05) is 0 Å². The molecule has 188 valence electrons. The lowest BCUT2D eigenvalue weighted by Crippen LogP contribution is -1.95. The lowest BCUT2D eigenvalue weighted by Gasteiger charge is -2.10. The van der Waals surface area contributed by atoms with Gasteiger partial charge in [-0.25, -0.2) is 9.97 Å². The van der Waals surface area contributed by atoms with Crippen LogP contribution in [0, 0.1) is 0 Å². The molecule has 8 rings (SSSR count). The van der Waals surface area contributed by atoms with Gasteiger partial charge in [0.2, 0.25) is 0 Å². The van der Waals surface area contributed by atoms with Crippen molar-refractivity contribution in [3.05, 3.63) is 133 Å². The van der Waals surface area contributed by atoms with Gasteiger partial charge in [-0.2, -0.15) is 0 Å². The fourth-order valence-electron chi connectivity index (χ4n) is 5.35. The molecule has 0 aliphatic heterocycles. The van der Waals surface area contributed by atoms with E-state index in [1.165, 1.54) is 41.4 Å². The summed E-state index contributed by atoms with van der Waals surface area (Å²) in [6.07, 6.45) is 0. The highest BCUT2D eigenvalue weighted by Gasteiger charge is 2.16. The highest BCUT2D eigenvalue weighted by Crippen LogP contribution is 2.41. The quantitative estimate of drug-likeness (QED) is 0.219. The first-order valence-electron chi connectivity index (χ1n) is 13.2. The van der Waals surface area contributed by atoms with E-state index < -0.39 is 0 Å². The molecule has 0 amide bonds. The summed E-state index contributed by atoms with van der Waals surface area (Å²) in [6, 6.07) is 47.2. The summed E-state index contributed by atoms with van der Waals surface area (Å²) < 4.78 is 3.79. The van der Waals surface area contributed by atoms with E-state index in [2.05, 4.69) is 127 Å². The van der Waals surface area contributed by atoms with Gasteiger partial charge in [0.1, 0.15) is 0 Å². The zero-order valence-corrected chi connectivity index (χ0v) is 23.0. The van der Waals surface area contributed by atoms with Crippen molar-refractivity contribution in [1.82, 2.24) is 9.97 Å². The minimum Gasteiger partial charge on any atom is -0.227 e. The second-order valence-corrected chi connectivity index (χ2v) is 12.0. The van der Waals surface area contributed by atoms with Crippen molar-refractivity contribution in [3.8, 4) is 44.3 Å². The maximum atomic E-state index is 5.19. The van der Waals surface area contributed by atoms with E-state index in [0.29, 0.717) is 0 Å². The SMILES string of the molecule is c1ccc(-c2ccc(-c3cc(-c4cccc5c4sc4ccccc45)nc(-c4cc5ccccc5s4)n3)cc2)cc1. The molecule has 0 saturated heterocycles. The Morgan fingerprint density at radius 1 is 0.450 bits per heavy atom. The van der Waals surface area contributed by atoms with Crippen molar-refractivity contribution in [2.45, 2.75) is 0 Å². The summed E-state index contributed by atoms with van der Waals surface area (Å²) in [6.45, 7) is 0. The van der Waals surface area contributed by atoms with E-state index >= 15 is 0 Å². The number of hydrogen-bond acceptors (Lipinski definition) is 4. The van der Waals surface area contributed by atoms with Crippen LogP contribution in [0.1, 0.15) is 0 Å². The molecular weight excluding hydrogens is 525 g/mol. The molecule has 3 aromatic heterocycles. The summed E-state index contributed by atoms with van der Waals surface area (Å²) in [7, 11) is 0. The summed E-state index contributed by atoms with van der Waals surface area (Å²) >= 11 is 3.57. The predicted molar refractivity (Wildman–Crippen MR) is 172 cm³/mol. The predicted octanol–water partition coefficient (Wildman–Crippen LogP) is 10.7. The summed E-state index contributed by atoms with van der Waals surface area (Å²) in [5.41, 5.74) is 6.50. The van der Waals surface area contributed by atoms with Gasteiger partial charge in [-0.3, -0.25) is 0 Å². The van der Waals surface area contributed by atoms with Crippen molar-refractivity contribution >= 4 is 52.9 Å². The van der Waals surface area contributed by atoms with E-state index in [4.69, 9.17) is 9.97 Å². The van der Waals surface area contributed by atoms with Gasteiger partial charge >= 0.3 is 0 Å².